The van der Waals surface area contributed by atoms with Gasteiger partial charge in [0.15, 0.2) is 0 Å². The third-order valence-corrected chi connectivity index (χ3v) is 1.51. The summed E-state index contributed by atoms with van der Waals surface area (Å²) in [5, 5.41) is 9.16. The maximum Gasteiger partial charge on any atom is 0.0764 e. The Labute approximate surface area is 61.3 Å². The fraction of sp³-hybridized carbons (Fsp3) is 0.222. The van der Waals surface area contributed by atoms with Crippen LogP contribution in [-0.4, -0.2) is 5.11 Å². The van der Waals surface area contributed by atoms with Crippen molar-refractivity contribution in [3.05, 3.63) is 42.3 Å². The van der Waals surface area contributed by atoms with Gasteiger partial charge in [0.05, 0.1) is 6.10 Å². The van der Waals surface area contributed by atoms with Crippen molar-refractivity contribution in [1.29, 1.82) is 0 Å². The minimum absolute atomic E-state index is 0.409. The van der Waals surface area contributed by atoms with Gasteiger partial charge in [-0.3, -0.25) is 0 Å². The maximum atomic E-state index is 9.16. The molecule has 10 heavy (non-hydrogen) atoms. The molecule has 0 aliphatic rings. The summed E-state index contributed by atoms with van der Waals surface area (Å²) in [4.78, 5) is 0. The van der Waals surface area contributed by atoms with Crippen molar-refractivity contribution in [3.63, 3.8) is 0 Å². The Kier molecular flexibility index (Phi) is 2.07. The predicted molar refractivity (Wildman–Crippen MR) is 41.5 cm³/mol. The number of aliphatic hydroxyl groups is 1. The third kappa shape index (κ3) is 1.36. The van der Waals surface area contributed by atoms with E-state index in [4.69, 9.17) is 5.11 Å². The second-order valence-electron chi connectivity index (χ2n) is 2.37. The van der Waals surface area contributed by atoms with Crippen LogP contribution in [0.5, 0.6) is 0 Å². The van der Waals surface area contributed by atoms with Crippen molar-refractivity contribution in [2.24, 2.45) is 0 Å². The van der Waals surface area contributed by atoms with Gasteiger partial charge in [-0.1, -0.05) is 24.3 Å². The molecule has 1 aromatic rings. The Bertz CT molecular complexity index is 216. The average molecular weight is 135 g/mol. The van der Waals surface area contributed by atoms with E-state index in [-0.39, 0.29) is 0 Å². The maximum absolute atomic E-state index is 9.16. The zero-order valence-corrected chi connectivity index (χ0v) is 6.04. The van der Waals surface area contributed by atoms with Crippen LogP contribution >= 0.6 is 0 Å². The van der Waals surface area contributed by atoms with Crippen LogP contribution in [0.25, 0.3) is 0 Å². The Balaban J connectivity index is 3.03. The summed E-state index contributed by atoms with van der Waals surface area (Å²) in [7, 11) is 0. The molecule has 1 radical (unpaired) electrons. The molecule has 0 heterocycles. The molecule has 0 bridgehead atoms. The summed E-state index contributed by atoms with van der Waals surface area (Å²) >= 11 is 0. The van der Waals surface area contributed by atoms with E-state index in [9.17, 15) is 0 Å². The van der Waals surface area contributed by atoms with Gasteiger partial charge >= 0.3 is 0 Å². The molecule has 0 aromatic heterocycles. The Morgan fingerprint density at radius 1 is 1.40 bits per heavy atom. The van der Waals surface area contributed by atoms with Crippen LogP contribution < -0.4 is 0 Å². The Morgan fingerprint density at radius 3 is 2.40 bits per heavy atom. The molecule has 0 saturated carbocycles. The molecule has 0 saturated heterocycles. The van der Waals surface area contributed by atoms with Crippen molar-refractivity contribution in [1.82, 2.24) is 0 Å². The van der Waals surface area contributed by atoms with Gasteiger partial charge in [0.2, 0.25) is 0 Å². The summed E-state index contributed by atoms with van der Waals surface area (Å²) in [6, 6.07) is 7.58. The Hall–Kier alpha value is -0.820. The lowest BCUT2D eigenvalue weighted by molar-refractivity contribution is 0.199. The fourth-order valence-electron chi connectivity index (χ4n) is 0.942. The van der Waals surface area contributed by atoms with Crippen LogP contribution in [0.1, 0.15) is 24.2 Å². The summed E-state index contributed by atoms with van der Waals surface area (Å²) in [6.45, 7) is 5.52. The smallest absolute Gasteiger partial charge is 0.0764 e. The molecule has 0 amide bonds. The highest BCUT2D eigenvalue weighted by Crippen LogP contribution is 2.15. The van der Waals surface area contributed by atoms with Crippen molar-refractivity contribution < 1.29 is 5.11 Å². The lowest BCUT2D eigenvalue weighted by atomic mass is 10.1. The first kappa shape index (κ1) is 7.29. The lowest BCUT2D eigenvalue weighted by Gasteiger charge is -2.06. The molecule has 1 rings (SSSR count). The quantitative estimate of drug-likeness (QED) is 0.623. The molecule has 1 atom stereocenters. The van der Waals surface area contributed by atoms with E-state index in [1.165, 1.54) is 0 Å². The van der Waals surface area contributed by atoms with Crippen molar-refractivity contribution in [2.45, 2.75) is 13.0 Å². The van der Waals surface area contributed by atoms with Gasteiger partial charge in [-0.2, -0.15) is 0 Å². The number of hydrogen-bond donors (Lipinski definition) is 1. The summed E-state index contributed by atoms with van der Waals surface area (Å²) < 4.78 is 0. The molecule has 0 aliphatic heterocycles. The first-order valence-corrected chi connectivity index (χ1v) is 3.31. The third-order valence-electron chi connectivity index (χ3n) is 1.51. The van der Waals surface area contributed by atoms with Gasteiger partial charge in [-0.05, 0) is 25.0 Å². The monoisotopic (exact) mass is 135 g/mol. The van der Waals surface area contributed by atoms with E-state index in [0.29, 0.717) is 0 Å². The van der Waals surface area contributed by atoms with Crippen LogP contribution in [0.2, 0.25) is 0 Å². The van der Waals surface area contributed by atoms with Gasteiger partial charge in [-0.25, -0.2) is 0 Å². The largest absolute Gasteiger partial charge is 0.389 e. The molecule has 0 spiro atoms. The molecule has 1 aromatic carbocycles. The van der Waals surface area contributed by atoms with Gasteiger partial charge in [-0.15, -0.1) is 0 Å². The zero-order valence-electron chi connectivity index (χ0n) is 6.04. The lowest BCUT2D eigenvalue weighted by Crippen LogP contribution is -1.93. The first-order valence-electron chi connectivity index (χ1n) is 3.31. The van der Waals surface area contributed by atoms with Crippen LogP contribution in [-0.2, 0) is 0 Å². The second kappa shape index (κ2) is 2.84. The molecule has 53 valence electrons. The predicted octanol–water partition coefficient (Wildman–Crippen LogP) is 1.92. The van der Waals surface area contributed by atoms with E-state index in [1.54, 1.807) is 6.92 Å². The first-order chi connectivity index (χ1) is 4.72. The van der Waals surface area contributed by atoms with Crippen LogP contribution in [0.4, 0.5) is 0 Å². The molecule has 1 heteroatoms. The van der Waals surface area contributed by atoms with Crippen molar-refractivity contribution >= 4 is 0 Å². The van der Waals surface area contributed by atoms with Gasteiger partial charge in [0.1, 0.15) is 0 Å². The number of rotatable bonds is 1. The summed E-state index contributed by atoms with van der Waals surface area (Å²) in [6.07, 6.45) is -0.409. The molecular formula is C9H11O. The minimum atomic E-state index is -0.409. The molecule has 0 fully saturated rings. The van der Waals surface area contributed by atoms with E-state index in [2.05, 4.69) is 6.92 Å². The van der Waals surface area contributed by atoms with E-state index in [0.717, 1.165) is 11.1 Å². The van der Waals surface area contributed by atoms with Crippen LogP contribution in [0, 0.1) is 6.92 Å². The highest BCUT2D eigenvalue weighted by atomic mass is 16.3. The minimum Gasteiger partial charge on any atom is -0.389 e. The van der Waals surface area contributed by atoms with Gasteiger partial charge < -0.3 is 5.11 Å². The van der Waals surface area contributed by atoms with Gasteiger partial charge in [0, 0.05) is 0 Å². The fourth-order valence-corrected chi connectivity index (χ4v) is 0.942. The molecule has 1 N–H and O–H groups in total. The highest BCUT2D eigenvalue weighted by molar-refractivity contribution is 5.30. The topological polar surface area (TPSA) is 20.2 Å². The Morgan fingerprint density at radius 2 is 2.00 bits per heavy atom. The SMILES string of the molecule is [CH2]c1ccccc1C(C)O. The average Bonchev–Trinajstić information content (AvgIpc) is 1.88. The molecule has 1 nitrogen and oxygen atoms in total. The number of benzene rings is 1. The standard InChI is InChI=1S/C9H11O/c1-7-5-3-4-6-9(7)8(2)10/h3-6,8,10H,1H2,2H3. The number of aliphatic hydroxyl groups excluding tert-OH is 1. The number of hydrogen-bond acceptors (Lipinski definition) is 1. The highest BCUT2D eigenvalue weighted by Gasteiger charge is 2.01. The van der Waals surface area contributed by atoms with Crippen LogP contribution in [0.15, 0.2) is 24.3 Å². The molecule has 0 aliphatic carbocycles. The summed E-state index contributed by atoms with van der Waals surface area (Å²) in [5.74, 6) is 0. The summed E-state index contributed by atoms with van der Waals surface area (Å²) in [5.41, 5.74) is 1.81. The van der Waals surface area contributed by atoms with Gasteiger partial charge in [0.25, 0.3) is 0 Å². The van der Waals surface area contributed by atoms with Crippen molar-refractivity contribution in [2.75, 3.05) is 0 Å². The van der Waals surface area contributed by atoms with E-state index < -0.39 is 6.10 Å². The van der Waals surface area contributed by atoms with Crippen LogP contribution in [0.3, 0.4) is 0 Å². The molecular weight excluding hydrogens is 124 g/mol. The second-order valence-corrected chi connectivity index (χ2v) is 2.37. The van der Waals surface area contributed by atoms with E-state index >= 15 is 0 Å². The van der Waals surface area contributed by atoms with E-state index in [1.807, 2.05) is 24.3 Å². The molecule has 1 unspecified atom stereocenters. The van der Waals surface area contributed by atoms with Crippen molar-refractivity contribution in [3.8, 4) is 0 Å². The normalized spacial score (nSPS) is 13.1. The zero-order chi connectivity index (χ0) is 7.56.